The molecule has 1 aromatic rings. The fraction of sp³-hybridized carbons (Fsp3) is 0.375. The molecule has 0 aliphatic rings. The highest BCUT2D eigenvalue weighted by atomic mass is 32.2. The molecule has 5 heteroatoms. The maximum absolute atomic E-state index is 10.3. The van der Waals surface area contributed by atoms with E-state index in [-0.39, 0.29) is 6.61 Å². The van der Waals surface area contributed by atoms with Gasteiger partial charge in [0.15, 0.2) is 6.29 Å². The Labute approximate surface area is 84.4 Å². The summed E-state index contributed by atoms with van der Waals surface area (Å²) in [5.41, 5.74) is 0. The predicted octanol–water partition coefficient (Wildman–Crippen LogP) is 1.01. The minimum atomic E-state index is -0.690. The van der Waals surface area contributed by atoms with Gasteiger partial charge in [0, 0.05) is 16.0 Å². The molecule has 1 atom stereocenters. The molecule has 0 fully saturated rings. The van der Waals surface area contributed by atoms with E-state index in [1.54, 1.807) is 6.07 Å². The van der Waals surface area contributed by atoms with Gasteiger partial charge in [-0.1, -0.05) is 0 Å². The summed E-state index contributed by atoms with van der Waals surface area (Å²) in [5, 5.41) is 19.5. The van der Waals surface area contributed by atoms with E-state index < -0.39 is 6.10 Å². The monoisotopic (exact) mass is 218 g/mol. The Hall–Kier alpha value is -0.360. The second-order valence-electron chi connectivity index (χ2n) is 2.45. The Balaban J connectivity index is 2.40. The topological polar surface area (TPSA) is 57.5 Å². The molecule has 13 heavy (non-hydrogen) atoms. The zero-order valence-corrected chi connectivity index (χ0v) is 8.48. The summed E-state index contributed by atoms with van der Waals surface area (Å²) in [6.07, 6.45) is 0.113. The van der Waals surface area contributed by atoms with Crippen molar-refractivity contribution < 1.29 is 15.0 Å². The van der Waals surface area contributed by atoms with Crippen LogP contribution in [-0.2, 0) is 0 Å². The van der Waals surface area contributed by atoms with E-state index in [1.807, 2.05) is 5.38 Å². The zero-order chi connectivity index (χ0) is 9.68. The van der Waals surface area contributed by atoms with Crippen LogP contribution >= 0.6 is 23.1 Å². The first kappa shape index (κ1) is 10.7. The van der Waals surface area contributed by atoms with Gasteiger partial charge in [-0.05, 0) is 6.07 Å². The smallest absolute Gasteiger partial charge is 0.160 e. The van der Waals surface area contributed by atoms with E-state index in [2.05, 4.69) is 0 Å². The van der Waals surface area contributed by atoms with Gasteiger partial charge >= 0.3 is 0 Å². The number of carbonyl (C=O) groups excluding carboxylic acids is 1. The first-order valence-electron chi connectivity index (χ1n) is 3.71. The number of hydrogen-bond acceptors (Lipinski definition) is 5. The maximum atomic E-state index is 10.3. The first-order chi connectivity index (χ1) is 6.26. The van der Waals surface area contributed by atoms with Crippen molar-refractivity contribution in [3.8, 4) is 0 Å². The summed E-state index contributed by atoms with van der Waals surface area (Å²) in [6.45, 7) is -0.225. The number of aldehydes is 1. The molecular formula is C8H10O3S2. The fourth-order valence-electron chi connectivity index (χ4n) is 0.717. The van der Waals surface area contributed by atoms with Crippen LogP contribution in [0.1, 0.15) is 9.67 Å². The van der Waals surface area contributed by atoms with Crippen LogP contribution in [0, 0.1) is 0 Å². The molecule has 0 aliphatic carbocycles. The van der Waals surface area contributed by atoms with Crippen LogP contribution in [0.25, 0.3) is 0 Å². The Morgan fingerprint density at radius 1 is 1.69 bits per heavy atom. The second kappa shape index (κ2) is 5.39. The third kappa shape index (κ3) is 3.48. The lowest BCUT2D eigenvalue weighted by atomic mass is 10.4. The van der Waals surface area contributed by atoms with Crippen molar-refractivity contribution in [2.24, 2.45) is 0 Å². The first-order valence-corrected chi connectivity index (χ1v) is 5.58. The number of aliphatic hydroxyl groups excluding tert-OH is 2. The molecule has 2 N–H and O–H groups in total. The minimum absolute atomic E-state index is 0.225. The number of aliphatic hydroxyl groups is 2. The normalized spacial score (nSPS) is 12.8. The van der Waals surface area contributed by atoms with E-state index in [4.69, 9.17) is 10.2 Å². The van der Waals surface area contributed by atoms with Crippen LogP contribution in [0.2, 0.25) is 0 Å². The Morgan fingerprint density at radius 2 is 2.46 bits per heavy atom. The average molecular weight is 218 g/mol. The van der Waals surface area contributed by atoms with Crippen molar-refractivity contribution in [2.75, 3.05) is 12.4 Å². The van der Waals surface area contributed by atoms with E-state index >= 15 is 0 Å². The van der Waals surface area contributed by atoms with Gasteiger partial charge in [-0.3, -0.25) is 4.79 Å². The van der Waals surface area contributed by atoms with Crippen molar-refractivity contribution in [1.82, 2.24) is 0 Å². The van der Waals surface area contributed by atoms with Gasteiger partial charge in [0.25, 0.3) is 0 Å². The predicted molar refractivity (Wildman–Crippen MR) is 53.5 cm³/mol. The van der Waals surface area contributed by atoms with Crippen LogP contribution in [0.4, 0.5) is 0 Å². The van der Waals surface area contributed by atoms with Crippen LogP contribution in [0.15, 0.2) is 16.3 Å². The maximum Gasteiger partial charge on any atom is 0.160 e. The molecule has 1 unspecified atom stereocenters. The molecule has 0 bridgehead atoms. The van der Waals surface area contributed by atoms with Gasteiger partial charge in [-0.2, -0.15) is 0 Å². The Kier molecular flexibility index (Phi) is 4.44. The Morgan fingerprint density at radius 3 is 3.00 bits per heavy atom. The van der Waals surface area contributed by atoms with Crippen molar-refractivity contribution in [3.05, 3.63) is 16.3 Å². The van der Waals surface area contributed by atoms with Crippen molar-refractivity contribution in [1.29, 1.82) is 0 Å². The van der Waals surface area contributed by atoms with Gasteiger partial charge < -0.3 is 10.2 Å². The summed E-state index contributed by atoms with van der Waals surface area (Å²) in [5.74, 6) is 0.450. The molecule has 0 spiro atoms. The summed E-state index contributed by atoms with van der Waals surface area (Å²) in [4.78, 5) is 12.0. The number of thiophene rings is 1. The van der Waals surface area contributed by atoms with Crippen LogP contribution in [0.3, 0.4) is 0 Å². The lowest BCUT2D eigenvalue weighted by molar-refractivity contribution is 0.112. The minimum Gasteiger partial charge on any atom is -0.394 e. The number of carbonyl (C=O) groups is 1. The SMILES string of the molecule is O=Cc1cc(SCC(O)CO)cs1. The molecule has 0 aliphatic heterocycles. The quantitative estimate of drug-likeness (QED) is 0.572. The van der Waals surface area contributed by atoms with Crippen molar-refractivity contribution in [3.63, 3.8) is 0 Å². The molecular weight excluding hydrogens is 208 g/mol. The molecule has 0 saturated carbocycles. The summed E-state index contributed by atoms with van der Waals surface area (Å²) in [7, 11) is 0. The lowest BCUT2D eigenvalue weighted by Crippen LogP contribution is -2.14. The third-order valence-corrected chi connectivity index (χ3v) is 3.49. The highest BCUT2D eigenvalue weighted by molar-refractivity contribution is 7.99. The molecule has 3 nitrogen and oxygen atoms in total. The van der Waals surface area contributed by atoms with E-state index in [9.17, 15) is 4.79 Å². The van der Waals surface area contributed by atoms with Gasteiger partial charge in [0.2, 0.25) is 0 Å². The molecule has 0 radical (unpaired) electrons. The number of rotatable bonds is 5. The number of hydrogen-bond donors (Lipinski definition) is 2. The number of thioether (sulfide) groups is 1. The fourth-order valence-corrected chi connectivity index (χ4v) is 2.48. The van der Waals surface area contributed by atoms with Gasteiger partial charge in [0.05, 0.1) is 17.6 Å². The van der Waals surface area contributed by atoms with E-state index in [1.165, 1.54) is 23.1 Å². The largest absolute Gasteiger partial charge is 0.394 e. The molecule has 0 saturated heterocycles. The summed E-state index contributed by atoms with van der Waals surface area (Å²) < 4.78 is 0. The van der Waals surface area contributed by atoms with Crippen LogP contribution < -0.4 is 0 Å². The molecule has 0 aromatic carbocycles. The standard InChI is InChI=1S/C8H10O3S2/c9-2-6(11)4-12-8-1-7(3-10)13-5-8/h1,3,5-6,9,11H,2,4H2. The molecule has 1 aromatic heterocycles. The average Bonchev–Trinajstić information content (AvgIpc) is 2.61. The molecule has 1 rings (SSSR count). The zero-order valence-electron chi connectivity index (χ0n) is 6.84. The van der Waals surface area contributed by atoms with E-state index in [0.29, 0.717) is 10.6 Å². The second-order valence-corrected chi connectivity index (χ2v) is 4.49. The van der Waals surface area contributed by atoms with Crippen molar-refractivity contribution >= 4 is 29.4 Å². The molecule has 1 heterocycles. The Bertz CT molecular complexity index is 272. The van der Waals surface area contributed by atoms with Gasteiger partial charge in [-0.15, -0.1) is 23.1 Å². The highest BCUT2D eigenvalue weighted by Crippen LogP contribution is 2.24. The molecule has 72 valence electrons. The van der Waals surface area contributed by atoms with Gasteiger partial charge in [-0.25, -0.2) is 0 Å². The lowest BCUT2D eigenvalue weighted by Gasteiger charge is -2.03. The van der Waals surface area contributed by atoms with Crippen LogP contribution in [0.5, 0.6) is 0 Å². The van der Waals surface area contributed by atoms with Gasteiger partial charge in [0.1, 0.15) is 0 Å². The summed E-state index contributed by atoms with van der Waals surface area (Å²) >= 11 is 2.81. The van der Waals surface area contributed by atoms with E-state index in [0.717, 1.165) is 11.2 Å². The highest BCUT2D eigenvalue weighted by Gasteiger charge is 2.04. The third-order valence-electron chi connectivity index (χ3n) is 1.36. The van der Waals surface area contributed by atoms with Crippen molar-refractivity contribution in [2.45, 2.75) is 11.0 Å². The summed E-state index contributed by atoms with van der Waals surface area (Å²) in [6, 6.07) is 1.77. The van der Waals surface area contributed by atoms with Crippen LogP contribution in [-0.4, -0.2) is 35.0 Å². The molecule has 0 amide bonds.